The van der Waals surface area contributed by atoms with Crippen LogP contribution in [0.5, 0.6) is 5.75 Å². The molecule has 1 rings (SSSR count). The van der Waals surface area contributed by atoms with Crippen molar-refractivity contribution in [2.45, 2.75) is 0 Å². The molecule has 74 valence electrons. The summed E-state index contributed by atoms with van der Waals surface area (Å²) in [7, 11) is 0. The van der Waals surface area contributed by atoms with Crippen LogP contribution in [0.4, 0.5) is 5.69 Å². The highest BCUT2D eigenvalue weighted by Gasteiger charge is 1.97. The number of rotatable bonds is 5. The van der Waals surface area contributed by atoms with Crippen molar-refractivity contribution in [1.29, 1.82) is 0 Å². The van der Waals surface area contributed by atoms with Gasteiger partial charge < -0.3 is 15.8 Å². The molecule has 0 saturated heterocycles. The van der Waals surface area contributed by atoms with E-state index in [0.29, 0.717) is 17.8 Å². The molecule has 0 atom stereocenters. The molecule has 0 spiro atoms. The van der Waals surface area contributed by atoms with Gasteiger partial charge in [-0.2, -0.15) is 0 Å². The van der Waals surface area contributed by atoms with E-state index in [1.54, 1.807) is 24.3 Å². The summed E-state index contributed by atoms with van der Waals surface area (Å²) >= 11 is 0. The van der Waals surface area contributed by atoms with Crippen LogP contribution in [0.15, 0.2) is 24.3 Å². The van der Waals surface area contributed by atoms with Crippen LogP contribution in [0.1, 0.15) is 0 Å². The molecule has 2 amide bonds. The van der Waals surface area contributed by atoms with Crippen molar-refractivity contribution in [3.05, 3.63) is 24.3 Å². The minimum absolute atomic E-state index is 0.152. The van der Waals surface area contributed by atoms with E-state index in [-0.39, 0.29) is 6.61 Å². The van der Waals surface area contributed by atoms with Crippen molar-refractivity contribution < 1.29 is 14.3 Å². The van der Waals surface area contributed by atoms with E-state index in [1.165, 1.54) is 0 Å². The Morgan fingerprint density at radius 1 is 1.43 bits per heavy atom. The SMILES string of the molecule is NC(=O)COc1ccc(NC=O)cc1. The van der Waals surface area contributed by atoms with Gasteiger partial charge in [0.05, 0.1) is 0 Å². The van der Waals surface area contributed by atoms with Gasteiger partial charge in [-0.3, -0.25) is 9.59 Å². The molecular weight excluding hydrogens is 184 g/mol. The number of nitrogens with two attached hydrogens (primary N) is 1. The van der Waals surface area contributed by atoms with Gasteiger partial charge >= 0.3 is 0 Å². The van der Waals surface area contributed by atoms with Gasteiger partial charge in [0.15, 0.2) is 6.61 Å². The summed E-state index contributed by atoms with van der Waals surface area (Å²) in [6.07, 6.45) is 0.583. The first kappa shape index (κ1) is 10.0. The minimum atomic E-state index is -0.528. The van der Waals surface area contributed by atoms with Gasteiger partial charge in [0, 0.05) is 5.69 Å². The zero-order valence-electron chi connectivity index (χ0n) is 7.40. The summed E-state index contributed by atoms with van der Waals surface area (Å²) in [6, 6.07) is 6.58. The number of hydrogen-bond donors (Lipinski definition) is 2. The molecule has 0 heterocycles. The molecular formula is C9H10N2O3. The van der Waals surface area contributed by atoms with Crippen molar-refractivity contribution in [1.82, 2.24) is 0 Å². The van der Waals surface area contributed by atoms with Gasteiger partial charge in [0.1, 0.15) is 5.75 Å². The predicted octanol–water partition coefficient (Wildman–Crippen LogP) is 0.119. The van der Waals surface area contributed by atoms with Crippen molar-refractivity contribution in [2.75, 3.05) is 11.9 Å². The smallest absolute Gasteiger partial charge is 0.255 e. The second-order valence-corrected chi connectivity index (χ2v) is 2.54. The first-order valence-electron chi connectivity index (χ1n) is 3.93. The number of benzene rings is 1. The standard InChI is InChI=1S/C9H10N2O3/c10-9(13)5-14-8-3-1-7(2-4-8)11-6-12/h1-4,6H,5H2,(H2,10,13)(H,11,12). The van der Waals surface area contributed by atoms with Crippen molar-refractivity contribution in [2.24, 2.45) is 5.73 Å². The maximum absolute atomic E-state index is 10.4. The normalized spacial score (nSPS) is 9.14. The summed E-state index contributed by atoms with van der Waals surface area (Å²) in [5.41, 5.74) is 5.55. The highest BCUT2D eigenvalue weighted by molar-refractivity contribution is 5.75. The number of carbonyl (C=O) groups excluding carboxylic acids is 2. The summed E-state index contributed by atoms with van der Waals surface area (Å²) in [5, 5.41) is 2.47. The monoisotopic (exact) mass is 194 g/mol. The Morgan fingerprint density at radius 3 is 2.57 bits per heavy atom. The van der Waals surface area contributed by atoms with E-state index in [0.717, 1.165) is 0 Å². The number of anilines is 1. The van der Waals surface area contributed by atoms with E-state index in [9.17, 15) is 9.59 Å². The number of nitrogens with one attached hydrogen (secondary N) is 1. The Bertz CT molecular complexity index is 321. The average molecular weight is 194 g/mol. The Labute approximate surface area is 80.9 Å². The van der Waals surface area contributed by atoms with Crippen LogP contribution in [0.3, 0.4) is 0 Å². The van der Waals surface area contributed by atoms with Crippen molar-refractivity contribution in [3.63, 3.8) is 0 Å². The lowest BCUT2D eigenvalue weighted by atomic mass is 10.3. The fourth-order valence-electron chi connectivity index (χ4n) is 0.870. The Hall–Kier alpha value is -2.04. The van der Waals surface area contributed by atoms with E-state index >= 15 is 0 Å². The molecule has 0 aromatic heterocycles. The second kappa shape index (κ2) is 4.86. The zero-order chi connectivity index (χ0) is 10.4. The van der Waals surface area contributed by atoms with Crippen LogP contribution in [0.25, 0.3) is 0 Å². The molecule has 0 aliphatic rings. The molecule has 0 radical (unpaired) electrons. The molecule has 0 fully saturated rings. The first-order chi connectivity index (χ1) is 6.72. The number of primary amides is 1. The lowest BCUT2D eigenvalue weighted by Gasteiger charge is -2.04. The van der Waals surface area contributed by atoms with Crippen LogP contribution >= 0.6 is 0 Å². The average Bonchev–Trinajstić information content (AvgIpc) is 2.17. The lowest BCUT2D eigenvalue weighted by Crippen LogP contribution is -2.19. The highest BCUT2D eigenvalue weighted by atomic mass is 16.5. The maximum Gasteiger partial charge on any atom is 0.255 e. The van der Waals surface area contributed by atoms with Crippen LogP contribution < -0.4 is 15.8 Å². The molecule has 0 unspecified atom stereocenters. The Kier molecular flexibility index (Phi) is 3.49. The topological polar surface area (TPSA) is 81.4 Å². The van der Waals surface area contributed by atoms with Crippen LogP contribution in [-0.4, -0.2) is 18.9 Å². The molecule has 3 N–H and O–H groups in total. The third kappa shape index (κ3) is 3.14. The second-order valence-electron chi connectivity index (χ2n) is 2.54. The van der Waals surface area contributed by atoms with E-state index in [2.05, 4.69) is 5.32 Å². The molecule has 0 aliphatic carbocycles. The molecule has 1 aromatic carbocycles. The molecule has 0 saturated carbocycles. The molecule has 0 aliphatic heterocycles. The number of ether oxygens (including phenoxy) is 1. The Morgan fingerprint density at radius 2 is 2.07 bits per heavy atom. The molecule has 1 aromatic rings. The van der Waals surface area contributed by atoms with E-state index in [1.807, 2.05) is 0 Å². The van der Waals surface area contributed by atoms with Crippen LogP contribution in [0, 0.1) is 0 Å². The van der Waals surface area contributed by atoms with Crippen LogP contribution in [-0.2, 0) is 9.59 Å². The molecule has 5 nitrogen and oxygen atoms in total. The summed E-state index contributed by atoms with van der Waals surface area (Å²) < 4.78 is 5.01. The largest absolute Gasteiger partial charge is 0.484 e. The maximum atomic E-state index is 10.4. The van der Waals surface area contributed by atoms with Crippen LogP contribution in [0.2, 0.25) is 0 Å². The van der Waals surface area contributed by atoms with Crippen molar-refractivity contribution in [3.8, 4) is 5.75 Å². The quantitative estimate of drug-likeness (QED) is 0.653. The molecule has 14 heavy (non-hydrogen) atoms. The van der Waals surface area contributed by atoms with E-state index in [4.69, 9.17) is 10.5 Å². The number of carbonyl (C=O) groups is 2. The van der Waals surface area contributed by atoms with Crippen molar-refractivity contribution >= 4 is 18.0 Å². The zero-order valence-corrected chi connectivity index (χ0v) is 7.40. The third-order valence-electron chi connectivity index (χ3n) is 1.46. The fourth-order valence-corrected chi connectivity index (χ4v) is 0.870. The van der Waals surface area contributed by atoms with Gasteiger partial charge in [-0.1, -0.05) is 0 Å². The summed E-state index contributed by atoms with van der Waals surface area (Å²) in [6.45, 7) is -0.152. The predicted molar refractivity (Wildman–Crippen MR) is 50.8 cm³/mol. The summed E-state index contributed by atoms with van der Waals surface area (Å²) in [4.78, 5) is 20.5. The fraction of sp³-hybridized carbons (Fsp3) is 0.111. The third-order valence-corrected chi connectivity index (χ3v) is 1.46. The Balaban J connectivity index is 2.54. The minimum Gasteiger partial charge on any atom is -0.484 e. The van der Waals surface area contributed by atoms with E-state index < -0.39 is 5.91 Å². The number of hydrogen-bond acceptors (Lipinski definition) is 3. The highest BCUT2D eigenvalue weighted by Crippen LogP contribution is 2.14. The lowest BCUT2D eigenvalue weighted by molar-refractivity contribution is -0.120. The molecule has 0 bridgehead atoms. The van der Waals surface area contributed by atoms with Gasteiger partial charge in [-0.25, -0.2) is 0 Å². The van der Waals surface area contributed by atoms with Gasteiger partial charge in [0.2, 0.25) is 6.41 Å². The molecule has 5 heteroatoms. The van der Waals surface area contributed by atoms with Gasteiger partial charge in [-0.05, 0) is 24.3 Å². The number of amides is 2. The first-order valence-corrected chi connectivity index (χ1v) is 3.93. The van der Waals surface area contributed by atoms with Gasteiger partial charge in [0.25, 0.3) is 5.91 Å². The summed E-state index contributed by atoms with van der Waals surface area (Å²) in [5.74, 6) is 0.000317. The van der Waals surface area contributed by atoms with Gasteiger partial charge in [-0.15, -0.1) is 0 Å².